The van der Waals surface area contributed by atoms with Crippen molar-refractivity contribution in [1.82, 2.24) is 0 Å². The first-order valence-corrected chi connectivity index (χ1v) is 10.6. The van der Waals surface area contributed by atoms with E-state index in [0.29, 0.717) is 29.1 Å². The van der Waals surface area contributed by atoms with Crippen LogP contribution in [-0.2, 0) is 17.8 Å². The lowest BCUT2D eigenvalue weighted by molar-refractivity contribution is -0.129. The lowest BCUT2D eigenvalue weighted by Gasteiger charge is -2.48. The summed E-state index contributed by atoms with van der Waals surface area (Å²) in [6.07, 6.45) is 6.22. The van der Waals surface area contributed by atoms with Gasteiger partial charge in [-0.1, -0.05) is 31.2 Å². The van der Waals surface area contributed by atoms with Crippen LogP contribution in [0.15, 0.2) is 42.5 Å². The van der Waals surface area contributed by atoms with Crippen molar-refractivity contribution in [2.24, 2.45) is 17.3 Å². The normalized spacial score (nSPS) is 31.1. The van der Waals surface area contributed by atoms with E-state index in [9.17, 15) is 9.18 Å². The van der Waals surface area contributed by atoms with Crippen LogP contribution in [0.4, 0.5) is 4.39 Å². The minimum Gasteiger partial charge on any atom is -0.489 e. The topological polar surface area (TPSA) is 26.3 Å². The first-order valence-electron chi connectivity index (χ1n) is 10.6. The summed E-state index contributed by atoms with van der Waals surface area (Å²) in [5.41, 5.74) is 3.34. The molecule has 0 radical (unpaired) electrons. The molecule has 0 unspecified atom stereocenters. The van der Waals surface area contributed by atoms with Gasteiger partial charge in [0.1, 0.15) is 24.0 Å². The predicted octanol–water partition coefficient (Wildman–Crippen LogP) is 5.83. The number of fused-ring (bicyclic) bond motifs is 5. The van der Waals surface area contributed by atoms with Crippen LogP contribution >= 0.6 is 0 Å². The van der Waals surface area contributed by atoms with Crippen molar-refractivity contribution in [3.05, 3.63) is 65.0 Å². The van der Waals surface area contributed by atoms with E-state index in [0.717, 1.165) is 37.9 Å². The second-order valence-electron chi connectivity index (χ2n) is 9.07. The van der Waals surface area contributed by atoms with Gasteiger partial charge in [-0.2, -0.15) is 0 Å². The van der Waals surface area contributed by atoms with E-state index in [2.05, 4.69) is 19.1 Å². The zero-order chi connectivity index (χ0) is 19.3. The monoisotopic (exact) mass is 378 g/mol. The summed E-state index contributed by atoms with van der Waals surface area (Å²) in [6.45, 7) is 2.47. The lowest BCUT2D eigenvalue weighted by Crippen LogP contribution is -2.42. The van der Waals surface area contributed by atoms with Crippen molar-refractivity contribution in [3.63, 3.8) is 0 Å². The highest BCUT2D eigenvalue weighted by Gasteiger charge is 2.54. The summed E-state index contributed by atoms with van der Waals surface area (Å²) in [4.78, 5) is 12.5. The van der Waals surface area contributed by atoms with Gasteiger partial charge in [-0.15, -0.1) is 0 Å². The number of hydrogen-bond acceptors (Lipinski definition) is 2. The van der Waals surface area contributed by atoms with Crippen LogP contribution in [0.3, 0.4) is 0 Å². The fourth-order valence-electron chi connectivity index (χ4n) is 6.20. The van der Waals surface area contributed by atoms with Gasteiger partial charge in [-0.25, -0.2) is 4.39 Å². The van der Waals surface area contributed by atoms with Gasteiger partial charge in [-0.3, -0.25) is 4.79 Å². The first kappa shape index (κ1) is 17.9. The Morgan fingerprint density at radius 3 is 2.82 bits per heavy atom. The van der Waals surface area contributed by atoms with E-state index in [1.807, 2.05) is 12.1 Å². The Morgan fingerprint density at radius 2 is 1.96 bits per heavy atom. The average molecular weight is 378 g/mol. The second-order valence-corrected chi connectivity index (χ2v) is 9.07. The SMILES string of the molecule is C[C@]12CC[C@@H]3c4ccc(OCc5ccccc5F)cc4CC[C@H]3[C@@H]1CCC2=O. The molecule has 0 bridgehead atoms. The molecule has 5 rings (SSSR count). The van der Waals surface area contributed by atoms with Crippen LogP contribution in [0.5, 0.6) is 5.75 Å². The number of ether oxygens (including phenoxy) is 1. The average Bonchev–Trinajstić information content (AvgIpc) is 3.02. The summed E-state index contributed by atoms with van der Waals surface area (Å²) in [5, 5.41) is 0. The highest BCUT2D eigenvalue weighted by Crippen LogP contribution is 2.59. The van der Waals surface area contributed by atoms with Crippen molar-refractivity contribution < 1.29 is 13.9 Å². The molecular weight excluding hydrogens is 351 g/mol. The minimum atomic E-state index is -0.223. The van der Waals surface area contributed by atoms with Gasteiger partial charge < -0.3 is 4.74 Å². The second kappa shape index (κ2) is 6.72. The lowest BCUT2D eigenvalue weighted by atomic mass is 9.55. The Kier molecular flexibility index (Phi) is 4.30. The number of carbonyl (C=O) groups excluding carboxylic acids is 1. The third kappa shape index (κ3) is 2.78. The van der Waals surface area contributed by atoms with E-state index in [4.69, 9.17) is 4.74 Å². The maximum absolute atomic E-state index is 13.8. The number of halogens is 1. The van der Waals surface area contributed by atoms with Gasteiger partial charge in [0.2, 0.25) is 0 Å². The molecule has 2 saturated carbocycles. The van der Waals surface area contributed by atoms with Gasteiger partial charge in [0.15, 0.2) is 0 Å². The molecule has 0 heterocycles. The zero-order valence-electron chi connectivity index (χ0n) is 16.4. The number of Topliss-reactive ketones (excluding diaryl/α,β-unsaturated/α-hetero) is 1. The molecule has 0 saturated heterocycles. The number of rotatable bonds is 3. The molecule has 0 aromatic heterocycles. The van der Waals surface area contributed by atoms with Crippen LogP contribution in [0.25, 0.3) is 0 Å². The van der Waals surface area contributed by atoms with E-state index >= 15 is 0 Å². The van der Waals surface area contributed by atoms with Crippen LogP contribution in [-0.4, -0.2) is 5.78 Å². The van der Waals surface area contributed by atoms with Crippen LogP contribution in [0.2, 0.25) is 0 Å². The van der Waals surface area contributed by atoms with Gasteiger partial charge in [0, 0.05) is 17.4 Å². The number of benzene rings is 2. The van der Waals surface area contributed by atoms with Crippen LogP contribution in [0, 0.1) is 23.1 Å². The van der Waals surface area contributed by atoms with Crippen molar-refractivity contribution in [2.75, 3.05) is 0 Å². The quantitative estimate of drug-likeness (QED) is 0.672. The van der Waals surface area contributed by atoms with E-state index in [1.165, 1.54) is 23.6 Å². The Hall–Kier alpha value is -2.16. The molecule has 2 aromatic carbocycles. The van der Waals surface area contributed by atoms with Crippen molar-refractivity contribution in [3.8, 4) is 5.75 Å². The highest BCUT2D eigenvalue weighted by molar-refractivity contribution is 5.87. The number of carbonyl (C=O) groups is 1. The molecule has 3 heteroatoms. The maximum atomic E-state index is 13.8. The van der Waals surface area contributed by atoms with Crippen LogP contribution in [0.1, 0.15) is 61.6 Å². The van der Waals surface area contributed by atoms with Gasteiger partial charge in [0.05, 0.1) is 0 Å². The molecule has 28 heavy (non-hydrogen) atoms. The Bertz CT molecular complexity index is 921. The molecule has 4 atom stereocenters. The third-order valence-electron chi connectivity index (χ3n) is 7.76. The zero-order valence-corrected chi connectivity index (χ0v) is 16.4. The number of hydrogen-bond donors (Lipinski definition) is 0. The highest BCUT2D eigenvalue weighted by atomic mass is 19.1. The molecule has 2 aromatic rings. The molecule has 2 fully saturated rings. The van der Waals surface area contributed by atoms with Crippen molar-refractivity contribution >= 4 is 5.78 Å². The predicted molar refractivity (Wildman–Crippen MR) is 107 cm³/mol. The molecule has 3 aliphatic rings. The summed E-state index contributed by atoms with van der Waals surface area (Å²) >= 11 is 0. The third-order valence-corrected chi connectivity index (χ3v) is 7.76. The fourth-order valence-corrected chi connectivity index (χ4v) is 6.20. The molecule has 0 amide bonds. The smallest absolute Gasteiger partial charge is 0.139 e. The summed E-state index contributed by atoms with van der Waals surface area (Å²) < 4.78 is 19.7. The van der Waals surface area contributed by atoms with Crippen LogP contribution < -0.4 is 4.74 Å². The summed E-state index contributed by atoms with van der Waals surface area (Å²) in [7, 11) is 0. The van der Waals surface area contributed by atoms with E-state index < -0.39 is 0 Å². The molecular formula is C25H27FO2. The largest absolute Gasteiger partial charge is 0.489 e. The minimum absolute atomic E-state index is 0.0680. The maximum Gasteiger partial charge on any atom is 0.139 e. The van der Waals surface area contributed by atoms with Gasteiger partial charge in [0.25, 0.3) is 0 Å². The first-order chi connectivity index (χ1) is 13.6. The Morgan fingerprint density at radius 1 is 1.11 bits per heavy atom. The number of ketones is 1. The fraction of sp³-hybridized carbons (Fsp3) is 0.480. The molecule has 0 N–H and O–H groups in total. The summed E-state index contributed by atoms with van der Waals surface area (Å²) in [6, 6.07) is 13.2. The summed E-state index contributed by atoms with van der Waals surface area (Å²) in [5.74, 6) is 2.87. The van der Waals surface area contributed by atoms with Crippen molar-refractivity contribution in [2.45, 2.75) is 58.0 Å². The molecule has 3 aliphatic carbocycles. The van der Waals surface area contributed by atoms with E-state index in [-0.39, 0.29) is 17.8 Å². The number of aryl methyl sites for hydroxylation is 1. The molecule has 146 valence electrons. The molecule has 2 nitrogen and oxygen atoms in total. The van der Waals surface area contributed by atoms with Crippen molar-refractivity contribution in [1.29, 1.82) is 0 Å². The molecule has 0 aliphatic heterocycles. The standard InChI is InChI=1S/C25H27FO2/c1-25-13-12-20-19-9-7-18(28-15-17-4-2-3-5-23(17)26)14-16(19)6-8-21(20)22(25)10-11-24(25)27/h2-5,7,9,14,20-22H,6,8,10-13,15H2,1H3/t20-,21-,22+,25+/m1/s1. The van der Waals surface area contributed by atoms with E-state index in [1.54, 1.807) is 12.1 Å². The Labute approximate surface area is 166 Å². The Balaban J connectivity index is 1.35. The van der Waals surface area contributed by atoms with Gasteiger partial charge >= 0.3 is 0 Å². The molecule has 0 spiro atoms. The van der Waals surface area contributed by atoms with Gasteiger partial charge in [-0.05, 0) is 79.2 Å².